The number of anilines is 1. The summed E-state index contributed by atoms with van der Waals surface area (Å²) in [6, 6.07) is 6.00. The van der Waals surface area contributed by atoms with E-state index in [9.17, 15) is 9.59 Å². The quantitative estimate of drug-likeness (QED) is 0.837. The van der Waals surface area contributed by atoms with E-state index in [0.29, 0.717) is 13.0 Å². The standard InChI is InChI=1S/C17H22N2O2/c1-12-6-5-7-15(13(12)2)19-11-14(10-16(19)20)17(21)18-8-3-4-9-18/h5-7,14H,3-4,8-11H2,1-2H3. The van der Waals surface area contributed by atoms with Crippen LogP contribution in [0, 0.1) is 19.8 Å². The Morgan fingerprint density at radius 3 is 2.62 bits per heavy atom. The maximum Gasteiger partial charge on any atom is 0.228 e. The fourth-order valence-electron chi connectivity index (χ4n) is 3.33. The van der Waals surface area contributed by atoms with Gasteiger partial charge in [-0.1, -0.05) is 12.1 Å². The summed E-state index contributed by atoms with van der Waals surface area (Å²) in [6.45, 7) is 6.32. The molecule has 0 aliphatic carbocycles. The fourth-order valence-corrected chi connectivity index (χ4v) is 3.33. The van der Waals surface area contributed by atoms with Crippen molar-refractivity contribution in [3.05, 3.63) is 29.3 Å². The SMILES string of the molecule is Cc1cccc(N2CC(C(=O)N3CCCC3)CC2=O)c1C. The number of nitrogens with zero attached hydrogens (tertiary/aromatic N) is 2. The van der Waals surface area contributed by atoms with Crippen molar-refractivity contribution >= 4 is 17.5 Å². The minimum Gasteiger partial charge on any atom is -0.342 e. The smallest absolute Gasteiger partial charge is 0.228 e. The molecule has 4 nitrogen and oxygen atoms in total. The number of rotatable bonds is 2. The molecule has 21 heavy (non-hydrogen) atoms. The maximum absolute atomic E-state index is 12.5. The maximum atomic E-state index is 12.5. The molecule has 2 heterocycles. The summed E-state index contributed by atoms with van der Waals surface area (Å²) in [6.07, 6.45) is 2.53. The molecule has 2 fully saturated rings. The molecule has 2 aliphatic heterocycles. The van der Waals surface area contributed by atoms with Gasteiger partial charge < -0.3 is 9.80 Å². The first-order valence-electron chi connectivity index (χ1n) is 7.73. The number of aryl methyl sites for hydroxylation is 1. The highest BCUT2D eigenvalue weighted by Gasteiger charge is 2.38. The van der Waals surface area contributed by atoms with E-state index in [4.69, 9.17) is 0 Å². The second kappa shape index (κ2) is 5.51. The summed E-state index contributed by atoms with van der Waals surface area (Å²) in [5.74, 6) is 0.0606. The van der Waals surface area contributed by atoms with Crippen LogP contribution < -0.4 is 4.90 Å². The van der Waals surface area contributed by atoms with E-state index in [0.717, 1.165) is 37.2 Å². The van der Waals surface area contributed by atoms with E-state index in [1.54, 1.807) is 4.90 Å². The van der Waals surface area contributed by atoms with Crippen LogP contribution in [-0.4, -0.2) is 36.3 Å². The highest BCUT2D eigenvalue weighted by atomic mass is 16.2. The Bertz CT molecular complexity index is 576. The van der Waals surface area contributed by atoms with Gasteiger partial charge in [-0.05, 0) is 43.9 Å². The molecule has 2 aliphatic rings. The summed E-state index contributed by atoms with van der Waals surface area (Å²) in [4.78, 5) is 28.5. The van der Waals surface area contributed by atoms with Gasteiger partial charge >= 0.3 is 0 Å². The Kier molecular flexibility index (Phi) is 3.70. The van der Waals surface area contributed by atoms with Crippen molar-refractivity contribution in [1.82, 2.24) is 4.90 Å². The van der Waals surface area contributed by atoms with E-state index >= 15 is 0 Å². The Morgan fingerprint density at radius 2 is 1.90 bits per heavy atom. The van der Waals surface area contributed by atoms with Gasteiger partial charge in [0.05, 0.1) is 5.92 Å². The molecule has 0 aromatic heterocycles. The third-order valence-electron chi connectivity index (χ3n) is 4.76. The van der Waals surface area contributed by atoms with Gasteiger partial charge in [0.15, 0.2) is 0 Å². The first kappa shape index (κ1) is 14.1. The van der Waals surface area contributed by atoms with Crippen LogP contribution in [0.4, 0.5) is 5.69 Å². The number of amides is 2. The topological polar surface area (TPSA) is 40.6 Å². The van der Waals surface area contributed by atoms with Crippen LogP contribution >= 0.6 is 0 Å². The number of carbonyl (C=O) groups is 2. The summed E-state index contributed by atoms with van der Waals surface area (Å²) in [5.41, 5.74) is 3.26. The minimum absolute atomic E-state index is 0.0706. The molecule has 1 aromatic carbocycles. The average molecular weight is 286 g/mol. The van der Waals surface area contributed by atoms with Crippen molar-refractivity contribution in [2.24, 2.45) is 5.92 Å². The van der Waals surface area contributed by atoms with Gasteiger partial charge in [-0.3, -0.25) is 9.59 Å². The first-order valence-corrected chi connectivity index (χ1v) is 7.73. The number of benzene rings is 1. The fraction of sp³-hybridized carbons (Fsp3) is 0.529. The molecule has 0 bridgehead atoms. The van der Waals surface area contributed by atoms with Crippen molar-refractivity contribution in [2.75, 3.05) is 24.5 Å². The normalized spacial score (nSPS) is 22.2. The number of hydrogen-bond donors (Lipinski definition) is 0. The van der Waals surface area contributed by atoms with Gasteiger partial charge in [0.1, 0.15) is 0 Å². The van der Waals surface area contributed by atoms with Crippen LogP contribution in [0.1, 0.15) is 30.4 Å². The van der Waals surface area contributed by atoms with Gasteiger partial charge in [-0.25, -0.2) is 0 Å². The van der Waals surface area contributed by atoms with Gasteiger partial charge in [0, 0.05) is 31.7 Å². The van der Waals surface area contributed by atoms with Crippen molar-refractivity contribution in [2.45, 2.75) is 33.1 Å². The van der Waals surface area contributed by atoms with E-state index < -0.39 is 0 Å². The largest absolute Gasteiger partial charge is 0.342 e. The summed E-state index contributed by atoms with van der Waals surface area (Å²) in [5, 5.41) is 0. The van der Waals surface area contributed by atoms with Crippen molar-refractivity contribution < 1.29 is 9.59 Å². The lowest BCUT2D eigenvalue weighted by Gasteiger charge is -2.22. The monoisotopic (exact) mass is 286 g/mol. The predicted octanol–water partition coefficient (Wildman–Crippen LogP) is 2.28. The lowest BCUT2D eigenvalue weighted by molar-refractivity contribution is -0.134. The molecule has 0 spiro atoms. The van der Waals surface area contributed by atoms with E-state index in [-0.39, 0.29) is 17.7 Å². The van der Waals surface area contributed by atoms with Gasteiger partial charge in [0.2, 0.25) is 11.8 Å². The highest BCUT2D eigenvalue weighted by molar-refractivity contribution is 6.00. The number of hydrogen-bond acceptors (Lipinski definition) is 2. The second-order valence-corrected chi connectivity index (χ2v) is 6.16. The lowest BCUT2D eigenvalue weighted by Crippen LogP contribution is -2.35. The molecule has 4 heteroatoms. The third kappa shape index (κ3) is 2.55. The molecule has 0 N–H and O–H groups in total. The molecule has 112 valence electrons. The number of carbonyl (C=O) groups excluding carboxylic acids is 2. The second-order valence-electron chi connectivity index (χ2n) is 6.16. The van der Waals surface area contributed by atoms with Crippen LogP contribution in [0.5, 0.6) is 0 Å². The molecule has 3 rings (SSSR count). The molecule has 0 radical (unpaired) electrons. The van der Waals surface area contributed by atoms with Crippen molar-refractivity contribution in [3.8, 4) is 0 Å². The molecule has 2 saturated heterocycles. The zero-order chi connectivity index (χ0) is 15.0. The minimum atomic E-state index is -0.171. The molecule has 0 saturated carbocycles. The molecule has 1 atom stereocenters. The molecule has 1 aromatic rings. The van der Waals surface area contributed by atoms with Crippen molar-refractivity contribution in [3.63, 3.8) is 0 Å². The highest BCUT2D eigenvalue weighted by Crippen LogP contribution is 2.30. The Labute approximate surface area is 125 Å². The molecule has 1 unspecified atom stereocenters. The van der Waals surface area contributed by atoms with Gasteiger partial charge in [-0.15, -0.1) is 0 Å². The summed E-state index contributed by atoms with van der Waals surface area (Å²) >= 11 is 0. The Balaban J connectivity index is 1.78. The molecular weight excluding hydrogens is 264 g/mol. The number of likely N-dealkylation sites (tertiary alicyclic amines) is 1. The zero-order valence-electron chi connectivity index (χ0n) is 12.8. The predicted molar refractivity (Wildman–Crippen MR) is 82.2 cm³/mol. The zero-order valence-corrected chi connectivity index (χ0v) is 12.8. The molecule has 2 amide bonds. The van der Waals surface area contributed by atoms with Crippen LogP contribution in [0.3, 0.4) is 0 Å². The van der Waals surface area contributed by atoms with Gasteiger partial charge in [-0.2, -0.15) is 0 Å². The van der Waals surface area contributed by atoms with E-state index in [1.165, 1.54) is 5.56 Å². The lowest BCUT2D eigenvalue weighted by atomic mass is 10.1. The van der Waals surface area contributed by atoms with E-state index in [2.05, 4.69) is 0 Å². The third-order valence-corrected chi connectivity index (χ3v) is 4.76. The summed E-state index contributed by atoms with van der Waals surface area (Å²) < 4.78 is 0. The average Bonchev–Trinajstić information content (AvgIpc) is 3.11. The van der Waals surface area contributed by atoms with Crippen LogP contribution in [0.15, 0.2) is 18.2 Å². The molecular formula is C17H22N2O2. The Morgan fingerprint density at radius 1 is 1.19 bits per heavy atom. The Hall–Kier alpha value is -1.84. The van der Waals surface area contributed by atoms with Gasteiger partial charge in [0.25, 0.3) is 0 Å². The van der Waals surface area contributed by atoms with Crippen LogP contribution in [0.2, 0.25) is 0 Å². The summed E-state index contributed by atoms with van der Waals surface area (Å²) in [7, 11) is 0. The first-order chi connectivity index (χ1) is 10.1. The van der Waals surface area contributed by atoms with Crippen LogP contribution in [-0.2, 0) is 9.59 Å². The van der Waals surface area contributed by atoms with Crippen LogP contribution in [0.25, 0.3) is 0 Å². The van der Waals surface area contributed by atoms with E-state index in [1.807, 2.05) is 36.9 Å². The van der Waals surface area contributed by atoms with Crippen molar-refractivity contribution in [1.29, 1.82) is 0 Å².